The summed E-state index contributed by atoms with van der Waals surface area (Å²) in [4.78, 5) is 0. The zero-order valence-electron chi connectivity index (χ0n) is 2.73. The van der Waals surface area contributed by atoms with E-state index in [4.69, 9.17) is 0 Å². The van der Waals surface area contributed by atoms with E-state index in [0.717, 1.165) is 0 Å². The van der Waals surface area contributed by atoms with Gasteiger partial charge in [0.15, 0.2) is 0 Å². The van der Waals surface area contributed by atoms with E-state index in [2.05, 4.69) is 20.5 Å². The number of hydrogen-bond acceptors (Lipinski definition) is 0. The molecule has 0 rings (SSSR count). The average molecular weight is 95.2 g/mol. The molecular weight excluding hydrogens is 92.2 g/mol. The average Bonchev–Trinajstić information content (AvgIpc) is 1.41. The van der Waals surface area contributed by atoms with Gasteiger partial charge in [0.05, 0.1) is 6.08 Å². The van der Waals surface area contributed by atoms with Crippen LogP contribution in [0.25, 0.3) is 0 Å². The summed E-state index contributed by atoms with van der Waals surface area (Å²) in [6, 6.07) is 1.76. The molecule has 0 spiro atoms. The van der Waals surface area contributed by atoms with Crippen molar-refractivity contribution in [1.82, 2.24) is 0 Å². The van der Waals surface area contributed by atoms with E-state index in [1.165, 1.54) is 0 Å². The van der Waals surface area contributed by atoms with Gasteiger partial charge in [-0.15, -0.1) is 0 Å². The monoisotopic (exact) mass is 95.0 g/mol. The first-order chi connectivity index (χ1) is 2.41. The van der Waals surface area contributed by atoms with Crippen LogP contribution < -0.4 is 0 Å². The fraction of sp³-hybridized carbons (Fsp3) is 0. The summed E-state index contributed by atoms with van der Waals surface area (Å²) in [5, 5.41) is 0. The minimum atomic E-state index is 1.76. The molecule has 6 radical (unpaired) electrons. The molecule has 22 valence electrons. The second-order valence-electron chi connectivity index (χ2n) is 0.526. The Labute approximate surface area is 39.1 Å². The summed E-state index contributed by atoms with van der Waals surface area (Å²) in [6.07, 6.45) is 1.83. The standard InChI is InChI=1S/C3H3Si2/c4-2-1-3-5/h1-3H/q+1/b2-1+. The Morgan fingerprint density at radius 1 is 1.60 bits per heavy atom. The van der Waals surface area contributed by atoms with Crippen molar-refractivity contribution < 1.29 is 0 Å². The minimum Gasteiger partial charge on any atom is 0.00879 e. The zero-order valence-corrected chi connectivity index (χ0v) is 4.73. The molecule has 0 atom stereocenters. The SMILES string of the molecule is [Si]/C=C/[CH+][Si]. The molecule has 0 bridgehead atoms. The van der Waals surface area contributed by atoms with Crippen LogP contribution in [-0.4, -0.2) is 20.5 Å². The van der Waals surface area contributed by atoms with Gasteiger partial charge in [-0.2, -0.15) is 0 Å². The molecule has 0 fully saturated rings. The van der Waals surface area contributed by atoms with Crippen LogP contribution in [0, 0.1) is 6.04 Å². The number of rotatable bonds is 1. The lowest BCUT2D eigenvalue weighted by Crippen LogP contribution is -1.59. The molecule has 0 unspecified atom stereocenters. The lowest BCUT2D eigenvalue weighted by atomic mass is 10.8. The molecule has 0 amide bonds. The van der Waals surface area contributed by atoms with Crippen molar-refractivity contribution >= 4 is 20.5 Å². The van der Waals surface area contributed by atoms with E-state index in [1.807, 2.05) is 6.08 Å². The first kappa shape index (κ1) is 5.04. The highest BCUT2D eigenvalue weighted by molar-refractivity contribution is 6.20. The Balaban J connectivity index is 2.62. The largest absolute Gasteiger partial charge is 0.223 e. The van der Waals surface area contributed by atoms with Gasteiger partial charge in [-0.05, 0) is 0 Å². The van der Waals surface area contributed by atoms with Crippen molar-refractivity contribution in [2.75, 3.05) is 0 Å². The molecule has 0 N–H and O–H groups in total. The van der Waals surface area contributed by atoms with Gasteiger partial charge in [0, 0.05) is 11.7 Å². The van der Waals surface area contributed by atoms with Crippen molar-refractivity contribution in [3.8, 4) is 0 Å². The van der Waals surface area contributed by atoms with Crippen LogP contribution in [0.5, 0.6) is 0 Å². The van der Waals surface area contributed by atoms with E-state index in [1.54, 1.807) is 11.7 Å². The highest BCUT2D eigenvalue weighted by Gasteiger charge is 1.66. The third-order valence-electron chi connectivity index (χ3n) is 0.192. The summed E-state index contributed by atoms with van der Waals surface area (Å²) in [5.41, 5.74) is 1.76. The lowest BCUT2D eigenvalue weighted by molar-refractivity contribution is 2.04. The Morgan fingerprint density at radius 3 is 2.20 bits per heavy atom. The molecule has 0 heterocycles. The van der Waals surface area contributed by atoms with Gasteiger partial charge >= 0.3 is 0 Å². The summed E-state index contributed by atoms with van der Waals surface area (Å²) >= 11 is 0. The first-order valence-electron chi connectivity index (χ1n) is 1.24. The maximum absolute atomic E-state index is 3.11. The van der Waals surface area contributed by atoms with Gasteiger partial charge in [0.25, 0.3) is 0 Å². The van der Waals surface area contributed by atoms with Crippen LogP contribution >= 0.6 is 0 Å². The van der Waals surface area contributed by atoms with Gasteiger partial charge in [-0.25, -0.2) is 0 Å². The van der Waals surface area contributed by atoms with Crippen molar-refractivity contribution in [3.63, 3.8) is 0 Å². The second-order valence-corrected chi connectivity index (χ2v) is 1.19. The van der Waals surface area contributed by atoms with E-state index in [0.29, 0.717) is 0 Å². The highest BCUT2D eigenvalue weighted by atomic mass is 28.1. The molecule has 2 heteroatoms. The minimum absolute atomic E-state index is 1.76. The van der Waals surface area contributed by atoms with Crippen molar-refractivity contribution in [2.24, 2.45) is 0 Å². The number of hydrogen-bond donors (Lipinski definition) is 0. The van der Waals surface area contributed by atoms with E-state index in [-0.39, 0.29) is 0 Å². The van der Waals surface area contributed by atoms with Gasteiger partial charge in [0.2, 0.25) is 20.5 Å². The van der Waals surface area contributed by atoms with Crippen LogP contribution in [0.3, 0.4) is 0 Å². The fourth-order valence-electron chi connectivity index (χ4n) is 0.0481. The maximum atomic E-state index is 3.11. The first-order valence-corrected chi connectivity index (χ1v) is 2.40. The summed E-state index contributed by atoms with van der Waals surface area (Å²) in [7, 11) is 6.21. The maximum Gasteiger partial charge on any atom is 0.223 e. The van der Waals surface area contributed by atoms with Crippen LogP contribution in [0.2, 0.25) is 0 Å². The van der Waals surface area contributed by atoms with Crippen molar-refractivity contribution in [3.05, 3.63) is 17.8 Å². The highest BCUT2D eigenvalue weighted by Crippen LogP contribution is 1.63. The third-order valence-corrected chi connectivity index (χ3v) is 0.577. The smallest absolute Gasteiger partial charge is 0.00879 e. The molecule has 0 aromatic heterocycles. The summed E-state index contributed by atoms with van der Waals surface area (Å²) in [5.74, 6) is 0. The molecule has 0 saturated carbocycles. The Bertz CT molecular complexity index is 31.9. The van der Waals surface area contributed by atoms with Crippen LogP contribution in [-0.2, 0) is 0 Å². The molecule has 0 aliphatic heterocycles. The Kier molecular flexibility index (Phi) is 4.08. The zero-order chi connectivity index (χ0) is 4.12. The molecule has 0 nitrogen and oxygen atoms in total. The molecule has 0 saturated heterocycles. The van der Waals surface area contributed by atoms with E-state index in [9.17, 15) is 0 Å². The molecule has 5 heavy (non-hydrogen) atoms. The lowest BCUT2D eigenvalue weighted by Gasteiger charge is -1.51. The normalized spacial score (nSPS) is 9.20. The molecule has 0 aromatic carbocycles. The van der Waals surface area contributed by atoms with Crippen LogP contribution in [0.4, 0.5) is 0 Å². The van der Waals surface area contributed by atoms with Gasteiger partial charge in [-0.1, -0.05) is 0 Å². The summed E-state index contributed by atoms with van der Waals surface area (Å²) < 4.78 is 0. The second kappa shape index (κ2) is 4.04. The predicted octanol–water partition coefficient (Wildman–Crippen LogP) is -0.00111. The quantitative estimate of drug-likeness (QED) is 0.318. The van der Waals surface area contributed by atoms with E-state index < -0.39 is 0 Å². The Morgan fingerprint density at radius 2 is 2.20 bits per heavy atom. The Hall–Kier alpha value is 0.0438. The van der Waals surface area contributed by atoms with Gasteiger partial charge < -0.3 is 0 Å². The fourth-order valence-corrected chi connectivity index (χ4v) is 0.433. The van der Waals surface area contributed by atoms with Gasteiger partial charge in [-0.3, -0.25) is 0 Å². The van der Waals surface area contributed by atoms with Crippen molar-refractivity contribution in [1.29, 1.82) is 0 Å². The molecule has 0 aliphatic carbocycles. The molecular formula is C3H3Si2+. The van der Waals surface area contributed by atoms with Crippen LogP contribution in [0.1, 0.15) is 0 Å². The van der Waals surface area contributed by atoms with E-state index >= 15 is 0 Å². The predicted molar refractivity (Wildman–Crippen MR) is 24.9 cm³/mol. The number of allylic oxidation sites excluding steroid dienone is 1. The molecule has 0 aliphatic rings. The molecule has 0 aromatic rings. The van der Waals surface area contributed by atoms with Gasteiger partial charge in [0.1, 0.15) is 0 Å². The van der Waals surface area contributed by atoms with Crippen LogP contribution in [0.15, 0.2) is 11.8 Å². The topological polar surface area (TPSA) is 0 Å². The summed E-state index contributed by atoms with van der Waals surface area (Å²) in [6.45, 7) is 0. The third kappa shape index (κ3) is 4.04. The van der Waals surface area contributed by atoms with Crippen molar-refractivity contribution in [2.45, 2.75) is 0 Å².